The van der Waals surface area contributed by atoms with Crippen molar-refractivity contribution in [3.8, 4) is 0 Å². The van der Waals surface area contributed by atoms with Gasteiger partial charge in [-0.05, 0) is 51.2 Å². The summed E-state index contributed by atoms with van der Waals surface area (Å²) in [5, 5.41) is 12.9. The molecule has 0 saturated carbocycles. The molecular formula is C20H24N6O. The minimum Gasteiger partial charge on any atom is -0.388 e. The van der Waals surface area contributed by atoms with Crippen molar-refractivity contribution in [2.24, 2.45) is 0 Å². The number of nitrogens with one attached hydrogen (secondary N) is 1. The van der Waals surface area contributed by atoms with E-state index in [-0.39, 0.29) is 12.6 Å². The van der Waals surface area contributed by atoms with Crippen molar-refractivity contribution in [3.63, 3.8) is 0 Å². The van der Waals surface area contributed by atoms with Gasteiger partial charge in [0.25, 0.3) is 0 Å². The summed E-state index contributed by atoms with van der Waals surface area (Å²) in [6.07, 6.45) is 10.3. The first-order chi connectivity index (χ1) is 13.2. The Morgan fingerprint density at radius 2 is 2.07 bits per heavy atom. The Hall–Kier alpha value is -2.80. The molecule has 0 aromatic carbocycles. The Morgan fingerprint density at radius 3 is 2.81 bits per heavy atom. The topological polar surface area (TPSA) is 88.8 Å². The van der Waals surface area contributed by atoms with E-state index in [0.29, 0.717) is 11.6 Å². The molecule has 1 aliphatic carbocycles. The van der Waals surface area contributed by atoms with Crippen LogP contribution in [0.1, 0.15) is 57.2 Å². The van der Waals surface area contributed by atoms with E-state index in [2.05, 4.69) is 45.2 Å². The lowest BCUT2D eigenvalue weighted by molar-refractivity contribution is 0.263. The molecule has 0 atom stereocenters. The zero-order valence-corrected chi connectivity index (χ0v) is 15.7. The fraction of sp³-hybridized carbons (Fsp3) is 0.400. The molecule has 140 valence electrons. The number of hydrogen-bond donors (Lipinski definition) is 2. The molecule has 2 N–H and O–H groups in total. The predicted octanol–water partition coefficient (Wildman–Crippen LogP) is 4.00. The number of pyridine rings is 1. The molecule has 0 amide bonds. The summed E-state index contributed by atoms with van der Waals surface area (Å²) in [6.45, 7) is 4.05. The number of imidazole rings is 1. The number of aliphatic hydroxyl groups excluding tert-OH is 1. The van der Waals surface area contributed by atoms with Crippen LogP contribution in [0.25, 0.3) is 16.6 Å². The smallest absolute Gasteiger partial charge is 0.157 e. The molecule has 0 bridgehead atoms. The Kier molecular flexibility index (Phi) is 4.85. The number of rotatable bonds is 5. The molecule has 3 aromatic heterocycles. The highest BCUT2D eigenvalue weighted by atomic mass is 16.3. The second-order valence-corrected chi connectivity index (χ2v) is 7.07. The quantitative estimate of drug-likeness (QED) is 0.711. The van der Waals surface area contributed by atoms with E-state index in [1.54, 1.807) is 12.4 Å². The average Bonchev–Trinajstić information content (AvgIpc) is 3.07. The lowest BCUT2D eigenvalue weighted by Crippen LogP contribution is -2.06. The Labute approximate surface area is 158 Å². The zero-order chi connectivity index (χ0) is 18.8. The van der Waals surface area contributed by atoms with Crippen LogP contribution >= 0.6 is 0 Å². The second kappa shape index (κ2) is 7.44. The van der Waals surface area contributed by atoms with Crippen LogP contribution in [0.15, 0.2) is 30.6 Å². The number of aliphatic hydroxyl groups is 1. The van der Waals surface area contributed by atoms with Crippen molar-refractivity contribution >= 4 is 28.2 Å². The summed E-state index contributed by atoms with van der Waals surface area (Å²) >= 11 is 0. The van der Waals surface area contributed by atoms with E-state index < -0.39 is 0 Å². The van der Waals surface area contributed by atoms with Gasteiger partial charge in [-0.15, -0.1) is 0 Å². The Balaban J connectivity index is 1.65. The highest BCUT2D eigenvalue weighted by Gasteiger charge is 2.14. The molecule has 0 saturated heterocycles. The third kappa shape index (κ3) is 3.55. The van der Waals surface area contributed by atoms with Crippen molar-refractivity contribution in [1.29, 1.82) is 0 Å². The van der Waals surface area contributed by atoms with Crippen LogP contribution in [0, 0.1) is 0 Å². The first-order valence-electron chi connectivity index (χ1n) is 9.43. The maximum absolute atomic E-state index is 9.59. The first kappa shape index (κ1) is 17.6. The van der Waals surface area contributed by atoms with Crippen molar-refractivity contribution in [3.05, 3.63) is 42.3 Å². The van der Waals surface area contributed by atoms with E-state index in [1.807, 2.05) is 16.7 Å². The Bertz CT molecular complexity index is 991. The normalized spacial score (nSPS) is 14.6. The summed E-state index contributed by atoms with van der Waals surface area (Å²) < 4.78 is 2.03. The molecule has 0 radical (unpaired) electrons. The fourth-order valence-corrected chi connectivity index (χ4v) is 3.56. The lowest BCUT2D eigenvalue weighted by atomic mass is 9.99. The minimum atomic E-state index is -0.0972. The molecule has 0 fully saturated rings. The van der Waals surface area contributed by atoms with E-state index in [4.69, 9.17) is 0 Å². The summed E-state index contributed by atoms with van der Waals surface area (Å²) in [5.41, 5.74) is 2.93. The van der Waals surface area contributed by atoms with E-state index in [9.17, 15) is 5.11 Å². The van der Waals surface area contributed by atoms with E-state index in [0.717, 1.165) is 35.5 Å². The van der Waals surface area contributed by atoms with Crippen molar-refractivity contribution in [1.82, 2.24) is 24.5 Å². The van der Waals surface area contributed by atoms with Gasteiger partial charge in [-0.2, -0.15) is 0 Å². The first-order valence-corrected chi connectivity index (χ1v) is 9.43. The van der Waals surface area contributed by atoms with Crippen LogP contribution in [0.5, 0.6) is 0 Å². The standard InChI is InChI=1S/C20H24N6O/c1-13(2)26-16-10-18(22-11-15(16)23-19(26)12-27)24-17-8-9-21-20(25-17)14-6-4-3-5-7-14/h6,8-11,13,27H,3-5,7,12H2,1-2H3,(H,21,22,24,25). The van der Waals surface area contributed by atoms with Gasteiger partial charge >= 0.3 is 0 Å². The monoisotopic (exact) mass is 364 g/mol. The number of aromatic nitrogens is 5. The molecule has 7 nitrogen and oxygen atoms in total. The van der Waals surface area contributed by atoms with Crippen LogP contribution in [-0.2, 0) is 6.61 Å². The van der Waals surface area contributed by atoms with Crippen LogP contribution in [0.3, 0.4) is 0 Å². The van der Waals surface area contributed by atoms with Crippen molar-refractivity contribution < 1.29 is 5.11 Å². The third-order valence-corrected chi connectivity index (χ3v) is 4.80. The zero-order valence-electron chi connectivity index (χ0n) is 15.7. The van der Waals surface area contributed by atoms with Gasteiger partial charge in [-0.25, -0.2) is 19.9 Å². The summed E-state index contributed by atoms with van der Waals surface area (Å²) in [6, 6.07) is 3.98. The van der Waals surface area contributed by atoms with E-state index in [1.165, 1.54) is 18.4 Å². The van der Waals surface area contributed by atoms with Gasteiger partial charge in [0.05, 0.1) is 11.7 Å². The van der Waals surface area contributed by atoms with E-state index >= 15 is 0 Å². The van der Waals surface area contributed by atoms with Crippen LogP contribution in [0.2, 0.25) is 0 Å². The van der Waals surface area contributed by atoms with Crippen LogP contribution in [0.4, 0.5) is 11.6 Å². The molecule has 0 spiro atoms. The van der Waals surface area contributed by atoms with Crippen molar-refractivity contribution in [2.45, 2.75) is 52.2 Å². The second-order valence-electron chi connectivity index (χ2n) is 7.07. The molecule has 4 rings (SSSR count). The van der Waals surface area contributed by atoms with Crippen LogP contribution < -0.4 is 5.32 Å². The average molecular weight is 364 g/mol. The summed E-state index contributed by atoms with van der Waals surface area (Å²) in [5.74, 6) is 2.84. The van der Waals surface area contributed by atoms with Gasteiger partial charge in [0.2, 0.25) is 0 Å². The fourth-order valence-electron chi connectivity index (χ4n) is 3.56. The largest absolute Gasteiger partial charge is 0.388 e. The summed E-state index contributed by atoms with van der Waals surface area (Å²) in [7, 11) is 0. The van der Waals surface area contributed by atoms with Crippen molar-refractivity contribution in [2.75, 3.05) is 5.32 Å². The number of nitrogens with zero attached hydrogens (tertiary/aromatic N) is 5. The molecular weight excluding hydrogens is 340 g/mol. The highest BCUT2D eigenvalue weighted by molar-refractivity contribution is 5.79. The maximum Gasteiger partial charge on any atom is 0.157 e. The highest BCUT2D eigenvalue weighted by Crippen LogP contribution is 2.26. The molecule has 3 aromatic rings. The van der Waals surface area contributed by atoms with Gasteiger partial charge in [0.15, 0.2) is 5.82 Å². The Morgan fingerprint density at radius 1 is 1.19 bits per heavy atom. The van der Waals surface area contributed by atoms with Gasteiger partial charge in [-0.1, -0.05) is 6.08 Å². The molecule has 1 aliphatic rings. The van der Waals surface area contributed by atoms with Gasteiger partial charge < -0.3 is 15.0 Å². The summed E-state index contributed by atoms with van der Waals surface area (Å²) in [4.78, 5) is 18.0. The molecule has 27 heavy (non-hydrogen) atoms. The maximum atomic E-state index is 9.59. The van der Waals surface area contributed by atoms with Gasteiger partial charge in [-0.3, -0.25) is 0 Å². The third-order valence-electron chi connectivity index (χ3n) is 4.80. The molecule has 7 heteroatoms. The SMILES string of the molecule is CC(C)n1c(CO)nc2cnc(Nc3ccnc(C4=CCCCC4)n3)cc21. The number of fused-ring (bicyclic) bond motifs is 1. The number of hydrogen-bond acceptors (Lipinski definition) is 6. The van der Waals surface area contributed by atoms with Crippen LogP contribution in [-0.4, -0.2) is 29.6 Å². The molecule has 3 heterocycles. The van der Waals surface area contributed by atoms with Gasteiger partial charge in [0, 0.05) is 18.3 Å². The number of allylic oxidation sites excluding steroid dienone is 2. The molecule has 0 aliphatic heterocycles. The minimum absolute atomic E-state index is 0.0972. The predicted molar refractivity (Wildman–Crippen MR) is 106 cm³/mol. The lowest BCUT2D eigenvalue weighted by Gasteiger charge is -2.13. The molecule has 0 unspecified atom stereocenters. The number of anilines is 2. The van der Waals surface area contributed by atoms with Gasteiger partial charge in [0.1, 0.15) is 29.6 Å².